The van der Waals surface area contributed by atoms with Crippen molar-refractivity contribution >= 4 is 0 Å². The van der Waals surface area contributed by atoms with Crippen molar-refractivity contribution in [3.8, 4) is 11.5 Å². The van der Waals surface area contributed by atoms with Gasteiger partial charge in [-0.15, -0.1) is 0 Å². The van der Waals surface area contributed by atoms with Gasteiger partial charge < -0.3 is 14.8 Å². The highest BCUT2D eigenvalue weighted by molar-refractivity contribution is 5.43. The van der Waals surface area contributed by atoms with Gasteiger partial charge in [-0.1, -0.05) is 13.0 Å². The van der Waals surface area contributed by atoms with Crippen LogP contribution in [0.4, 0.5) is 0 Å². The fourth-order valence-corrected chi connectivity index (χ4v) is 1.53. The van der Waals surface area contributed by atoms with Crippen LogP contribution in [0.3, 0.4) is 0 Å². The molecule has 0 aromatic heterocycles. The van der Waals surface area contributed by atoms with Crippen LogP contribution in [-0.2, 0) is 6.54 Å². The monoisotopic (exact) mass is 237 g/mol. The van der Waals surface area contributed by atoms with Crippen LogP contribution in [0.5, 0.6) is 11.5 Å². The summed E-state index contributed by atoms with van der Waals surface area (Å²) in [6.07, 6.45) is 1.20. The van der Waals surface area contributed by atoms with Crippen LogP contribution in [0, 0.1) is 0 Å². The molecule has 96 valence electrons. The highest BCUT2D eigenvalue weighted by Gasteiger charge is 2.09. The first-order chi connectivity index (χ1) is 8.21. The van der Waals surface area contributed by atoms with Crippen LogP contribution in [-0.4, -0.2) is 19.8 Å². The van der Waals surface area contributed by atoms with Gasteiger partial charge in [0, 0.05) is 6.54 Å². The van der Waals surface area contributed by atoms with E-state index in [1.807, 2.05) is 26.1 Å². The molecule has 0 radical (unpaired) electrons. The fraction of sp³-hybridized carbons (Fsp3) is 0.571. The molecule has 17 heavy (non-hydrogen) atoms. The Morgan fingerprint density at radius 2 is 2.00 bits per heavy atom. The molecule has 0 amide bonds. The molecule has 1 atom stereocenters. The molecule has 0 aliphatic rings. The van der Waals surface area contributed by atoms with Crippen molar-refractivity contribution in [2.24, 2.45) is 0 Å². The summed E-state index contributed by atoms with van der Waals surface area (Å²) in [5.74, 6) is 1.67. The molecule has 1 unspecified atom stereocenters. The number of nitrogens with one attached hydrogen (secondary N) is 1. The maximum atomic E-state index is 5.83. The Morgan fingerprint density at radius 1 is 1.24 bits per heavy atom. The van der Waals surface area contributed by atoms with E-state index in [4.69, 9.17) is 9.47 Å². The molecule has 0 spiro atoms. The number of hydrogen-bond acceptors (Lipinski definition) is 3. The molecule has 0 saturated carbocycles. The molecule has 1 rings (SSSR count). The normalized spacial score (nSPS) is 12.2. The smallest absolute Gasteiger partial charge is 0.161 e. The first-order valence-electron chi connectivity index (χ1n) is 6.28. The van der Waals surface area contributed by atoms with E-state index in [9.17, 15) is 0 Å². The Labute approximate surface area is 104 Å². The summed E-state index contributed by atoms with van der Waals surface area (Å²) >= 11 is 0. The molecular weight excluding hydrogens is 214 g/mol. The van der Waals surface area contributed by atoms with Crippen molar-refractivity contribution in [1.82, 2.24) is 5.32 Å². The molecule has 1 aromatic rings. The lowest BCUT2D eigenvalue weighted by Crippen LogP contribution is -2.11. The van der Waals surface area contributed by atoms with E-state index >= 15 is 0 Å². The van der Waals surface area contributed by atoms with Crippen LogP contribution >= 0.6 is 0 Å². The number of hydrogen-bond donors (Lipinski definition) is 1. The number of benzene rings is 1. The van der Waals surface area contributed by atoms with Gasteiger partial charge in [0.1, 0.15) is 0 Å². The first kappa shape index (κ1) is 13.8. The van der Waals surface area contributed by atoms with Gasteiger partial charge in [-0.2, -0.15) is 0 Å². The van der Waals surface area contributed by atoms with Crippen molar-refractivity contribution < 1.29 is 9.47 Å². The molecular formula is C14H23NO2. The summed E-state index contributed by atoms with van der Waals surface area (Å²) in [4.78, 5) is 0. The van der Waals surface area contributed by atoms with Crippen LogP contribution in [0.2, 0.25) is 0 Å². The summed E-state index contributed by atoms with van der Waals surface area (Å²) < 4.78 is 11.5. The Morgan fingerprint density at radius 3 is 2.59 bits per heavy atom. The van der Waals surface area contributed by atoms with Gasteiger partial charge in [0.2, 0.25) is 0 Å². The van der Waals surface area contributed by atoms with Gasteiger partial charge >= 0.3 is 0 Å². The average molecular weight is 237 g/mol. The summed E-state index contributed by atoms with van der Waals surface area (Å²) in [6, 6.07) is 6.10. The zero-order valence-electron chi connectivity index (χ0n) is 11.2. The second-order valence-electron chi connectivity index (χ2n) is 4.08. The van der Waals surface area contributed by atoms with Gasteiger partial charge in [0.15, 0.2) is 11.5 Å². The average Bonchev–Trinajstić information content (AvgIpc) is 2.33. The SMILES string of the molecule is CCOc1cc(CNC)ccc1OC(C)CC. The molecule has 1 aromatic carbocycles. The molecule has 0 aliphatic heterocycles. The van der Waals surface area contributed by atoms with Gasteiger partial charge in [0.05, 0.1) is 12.7 Å². The van der Waals surface area contributed by atoms with E-state index in [0.717, 1.165) is 24.5 Å². The Balaban J connectivity index is 2.87. The van der Waals surface area contributed by atoms with Crippen molar-refractivity contribution in [1.29, 1.82) is 0 Å². The van der Waals surface area contributed by atoms with Crippen LogP contribution in [0.15, 0.2) is 18.2 Å². The maximum absolute atomic E-state index is 5.83. The second kappa shape index (κ2) is 7.17. The molecule has 0 aliphatic carbocycles. The third kappa shape index (κ3) is 4.27. The van der Waals surface area contributed by atoms with E-state index in [1.165, 1.54) is 5.56 Å². The molecule has 0 heterocycles. The lowest BCUT2D eigenvalue weighted by molar-refractivity contribution is 0.203. The minimum atomic E-state index is 0.212. The predicted molar refractivity (Wildman–Crippen MR) is 70.8 cm³/mol. The van der Waals surface area contributed by atoms with E-state index in [-0.39, 0.29) is 6.10 Å². The lowest BCUT2D eigenvalue weighted by Gasteiger charge is -2.17. The zero-order chi connectivity index (χ0) is 12.7. The lowest BCUT2D eigenvalue weighted by atomic mass is 10.2. The fourth-order valence-electron chi connectivity index (χ4n) is 1.53. The van der Waals surface area contributed by atoms with Crippen molar-refractivity contribution in [2.75, 3.05) is 13.7 Å². The largest absolute Gasteiger partial charge is 0.490 e. The van der Waals surface area contributed by atoms with Gasteiger partial charge in [-0.05, 0) is 45.0 Å². The Hall–Kier alpha value is -1.22. The van der Waals surface area contributed by atoms with Crippen LogP contribution in [0.25, 0.3) is 0 Å². The standard InChI is InChI=1S/C14H23NO2/c1-5-11(3)17-13-8-7-12(10-15-4)9-14(13)16-6-2/h7-9,11,15H,5-6,10H2,1-4H3. The predicted octanol–water partition coefficient (Wildman–Crippen LogP) is 2.98. The molecule has 0 bridgehead atoms. The second-order valence-corrected chi connectivity index (χ2v) is 4.08. The Kier molecular flexibility index (Phi) is 5.84. The van der Waals surface area contributed by atoms with E-state index in [0.29, 0.717) is 6.61 Å². The third-order valence-electron chi connectivity index (χ3n) is 2.59. The van der Waals surface area contributed by atoms with Gasteiger partial charge in [-0.3, -0.25) is 0 Å². The summed E-state index contributed by atoms with van der Waals surface area (Å²) in [5, 5.41) is 3.13. The summed E-state index contributed by atoms with van der Waals surface area (Å²) in [5.41, 5.74) is 1.20. The quantitative estimate of drug-likeness (QED) is 0.791. The topological polar surface area (TPSA) is 30.5 Å². The number of ether oxygens (including phenoxy) is 2. The van der Waals surface area contributed by atoms with Crippen LogP contribution < -0.4 is 14.8 Å². The van der Waals surface area contributed by atoms with Gasteiger partial charge in [0.25, 0.3) is 0 Å². The highest BCUT2D eigenvalue weighted by Crippen LogP contribution is 2.29. The van der Waals surface area contributed by atoms with E-state index in [2.05, 4.69) is 25.2 Å². The molecule has 1 N–H and O–H groups in total. The van der Waals surface area contributed by atoms with Crippen molar-refractivity contribution in [2.45, 2.75) is 39.8 Å². The van der Waals surface area contributed by atoms with Crippen LogP contribution in [0.1, 0.15) is 32.8 Å². The zero-order valence-corrected chi connectivity index (χ0v) is 11.2. The van der Waals surface area contributed by atoms with Crippen molar-refractivity contribution in [3.05, 3.63) is 23.8 Å². The first-order valence-corrected chi connectivity index (χ1v) is 6.28. The maximum Gasteiger partial charge on any atom is 0.161 e. The number of rotatable bonds is 7. The molecule has 3 heteroatoms. The minimum Gasteiger partial charge on any atom is -0.490 e. The summed E-state index contributed by atoms with van der Waals surface area (Å²) in [6.45, 7) is 7.65. The van der Waals surface area contributed by atoms with Gasteiger partial charge in [-0.25, -0.2) is 0 Å². The molecule has 0 saturated heterocycles. The highest BCUT2D eigenvalue weighted by atomic mass is 16.5. The minimum absolute atomic E-state index is 0.212. The van der Waals surface area contributed by atoms with E-state index in [1.54, 1.807) is 0 Å². The Bertz CT molecular complexity index is 339. The molecule has 0 fully saturated rings. The van der Waals surface area contributed by atoms with Crippen molar-refractivity contribution in [3.63, 3.8) is 0 Å². The third-order valence-corrected chi connectivity index (χ3v) is 2.59. The summed E-state index contributed by atoms with van der Waals surface area (Å²) in [7, 11) is 1.93. The van der Waals surface area contributed by atoms with E-state index < -0.39 is 0 Å². The molecule has 3 nitrogen and oxygen atoms in total.